The van der Waals surface area contributed by atoms with Gasteiger partial charge in [0.05, 0.1) is 18.8 Å². The molecule has 214 valence electrons. The average Bonchev–Trinajstić information content (AvgIpc) is 2.90. The minimum atomic E-state index is -0.791. The number of fused-ring (bicyclic) bond motifs is 1. The molecule has 0 bridgehead atoms. The summed E-state index contributed by atoms with van der Waals surface area (Å²) >= 11 is 0. The Kier molecular flexibility index (Phi) is 15.6. The molecule has 1 aromatic rings. The maximum absolute atomic E-state index is 10.9. The molecule has 38 heavy (non-hydrogen) atoms. The molecule has 0 fully saturated rings. The highest BCUT2D eigenvalue weighted by Gasteiger charge is 2.20. The highest BCUT2D eigenvalue weighted by atomic mass is 16.4. The highest BCUT2D eigenvalue weighted by Crippen LogP contribution is 2.33. The van der Waals surface area contributed by atoms with Gasteiger partial charge >= 0.3 is 5.97 Å². The average molecular weight is 529 g/mol. The van der Waals surface area contributed by atoms with E-state index in [2.05, 4.69) is 38.1 Å². The number of aliphatic hydroxyl groups excluding tert-OH is 3. The summed E-state index contributed by atoms with van der Waals surface area (Å²) in [6.45, 7) is 4.12. The molecule has 0 aliphatic heterocycles. The Morgan fingerprint density at radius 2 is 1.87 bits per heavy atom. The van der Waals surface area contributed by atoms with Crippen molar-refractivity contribution < 1.29 is 25.2 Å². The Bertz CT molecular complexity index is 887. The Labute approximate surface area is 230 Å². The lowest BCUT2D eigenvalue weighted by atomic mass is 9.80. The van der Waals surface area contributed by atoms with Gasteiger partial charge < -0.3 is 20.4 Å². The number of unbranched alkanes of at least 4 members (excludes halogenated alkanes) is 4. The minimum Gasteiger partial charge on any atom is -0.481 e. The fourth-order valence-corrected chi connectivity index (χ4v) is 5.77. The molecule has 1 aromatic carbocycles. The summed E-state index contributed by atoms with van der Waals surface area (Å²) in [5, 5.41) is 39.6. The maximum Gasteiger partial charge on any atom is 0.303 e. The molecule has 5 nitrogen and oxygen atoms in total. The lowest BCUT2D eigenvalue weighted by molar-refractivity contribution is -0.137. The van der Waals surface area contributed by atoms with Gasteiger partial charge in [0.2, 0.25) is 0 Å². The van der Waals surface area contributed by atoms with Crippen LogP contribution in [0.15, 0.2) is 41.5 Å². The van der Waals surface area contributed by atoms with E-state index in [4.69, 9.17) is 5.11 Å². The van der Waals surface area contributed by atoms with Crippen molar-refractivity contribution in [2.24, 2.45) is 5.92 Å². The minimum absolute atomic E-state index is 0.223. The number of carboxylic acid groups (broad SMARTS) is 1. The number of aliphatic hydroxyl groups is 3. The first-order chi connectivity index (χ1) is 18.4. The molecule has 1 aliphatic rings. The monoisotopic (exact) mass is 528 g/mol. The van der Waals surface area contributed by atoms with Crippen LogP contribution in [0.3, 0.4) is 0 Å². The molecule has 0 spiro atoms. The Balaban J connectivity index is 2.36. The van der Waals surface area contributed by atoms with Crippen molar-refractivity contribution in [1.29, 1.82) is 0 Å². The van der Waals surface area contributed by atoms with Gasteiger partial charge in [-0.25, -0.2) is 0 Å². The third-order valence-corrected chi connectivity index (χ3v) is 8.03. The van der Waals surface area contributed by atoms with E-state index in [-0.39, 0.29) is 13.0 Å². The summed E-state index contributed by atoms with van der Waals surface area (Å²) in [5.74, 6) is -0.307. The zero-order valence-electron chi connectivity index (χ0n) is 23.8. The van der Waals surface area contributed by atoms with E-state index in [1.165, 1.54) is 27.8 Å². The molecule has 2 rings (SSSR count). The van der Waals surface area contributed by atoms with Crippen LogP contribution < -0.4 is 0 Å². The smallest absolute Gasteiger partial charge is 0.303 e. The standard InChI is InChI=1S/C33H52O5/c1-3-5-7-14-30(35)20-19-27-17-18-28-13-10-12-26(4-2)32(28)21-16-25(11-8-6-9-15-33(37)38)22-29(27)23-31(36)24-34/h10,12-13,19-20,25,30-31,34-36H,3-9,11,14-18,21-24H2,1-2H3,(H,37,38). The van der Waals surface area contributed by atoms with Gasteiger partial charge in [-0.2, -0.15) is 0 Å². The van der Waals surface area contributed by atoms with Gasteiger partial charge in [-0.15, -0.1) is 0 Å². The number of carbonyl (C=O) groups is 1. The first-order valence-corrected chi connectivity index (χ1v) is 15.0. The normalized spacial score (nSPS) is 18.4. The largest absolute Gasteiger partial charge is 0.481 e. The zero-order chi connectivity index (χ0) is 27.8. The highest BCUT2D eigenvalue weighted by molar-refractivity contribution is 5.66. The van der Waals surface area contributed by atoms with Crippen LogP contribution in [0.5, 0.6) is 0 Å². The zero-order valence-corrected chi connectivity index (χ0v) is 23.8. The topological polar surface area (TPSA) is 98.0 Å². The second-order valence-corrected chi connectivity index (χ2v) is 11.1. The van der Waals surface area contributed by atoms with Crippen molar-refractivity contribution in [2.45, 2.75) is 129 Å². The molecule has 0 saturated heterocycles. The number of allylic oxidation sites excluding steroid dienone is 2. The van der Waals surface area contributed by atoms with Crippen LogP contribution in [-0.2, 0) is 24.1 Å². The Morgan fingerprint density at radius 3 is 2.58 bits per heavy atom. The van der Waals surface area contributed by atoms with Gasteiger partial charge in [0.25, 0.3) is 0 Å². The molecule has 0 heterocycles. The molecule has 3 unspecified atom stereocenters. The molecule has 0 amide bonds. The third kappa shape index (κ3) is 11.8. The van der Waals surface area contributed by atoms with Gasteiger partial charge in [-0.3, -0.25) is 4.79 Å². The number of aliphatic carboxylic acids is 1. The summed E-state index contributed by atoms with van der Waals surface area (Å²) < 4.78 is 0. The van der Waals surface area contributed by atoms with Crippen molar-refractivity contribution in [3.63, 3.8) is 0 Å². The fraction of sp³-hybridized carbons (Fsp3) is 0.667. The van der Waals surface area contributed by atoms with Crippen LogP contribution in [0.25, 0.3) is 0 Å². The van der Waals surface area contributed by atoms with Gasteiger partial charge in [0, 0.05) is 6.42 Å². The van der Waals surface area contributed by atoms with Crippen molar-refractivity contribution in [3.05, 3.63) is 58.2 Å². The van der Waals surface area contributed by atoms with E-state index in [0.29, 0.717) is 18.8 Å². The number of rotatable bonds is 16. The second-order valence-electron chi connectivity index (χ2n) is 11.1. The quantitative estimate of drug-likeness (QED) is 0.179. The first kappa shape index (κ1) is 32.3. The molecule has 0 saturated carbocycles. The summed E-state index contributed by atoms with van der Waals surface area (Å²) in [6.07, 6.45) is 16.8. The predicted molar refractivity (Wildman–Crippen MR) is 155 cm³/mol. The Morgan fingerprint density at radius 1 is 1.05 bits per heavy atom. The summed E-state index contributed by atoms with van der Waals surface area (Å²) in [5.41, 5.74) is 6.66. The van der Waals surface area contributed by atoms with E-state index in [1.54, 1.807) is 0 Å². The molecule has 5 heteroatoms. The summed E-state index contributed by atoms with van der Waals surface area (Å²) in [4.78, 5) is 10.9. The van der Waals surface area contributed by atoms with Crippen molar-refractivity contribution in [2.75, 3.05) is 6.61 Å². The van der Waals surface area contributed by atoms with E-state index < -0.39 is 18.2 Å². The molecule has 4 N–H and O–H groups in total. The summed E-state index contributed by atoms with van der Waals surface area (Å²) in [6, 6.07) is 6.66. The fourth-order valence-electron chi connectivity index (χ4n) is 5.77. The number of carboxylic acids is 1. The van der Waals surface area contributed by atoms with Gasteiger partial charge in [-0.1, -0.05) is 88.3 Å². The van der Waals surface area contributed by atoms with Crippen LogP contribution in [0.2, 0.25) is 0 Å². The lowest BCUT2D eigenvalue weighted by Crippen LogP contribution is -2.17. The van der Waals surface area contributed by atoms with Crippen molar-refractivity contribution in [3.8, 4) is 0 Å². The molecule has 0 aromatic heterocycles. The third-order valence-electron chi connectivity index (χ3n) is 8.03. The van der Waals surface area contributed by atoms with Gasteiger partial charge in [0.1, 0.15) is 0 Å². The van der Waals surface area contributed by atoms with Crippen LogP contribution in [0.1, 0.15) is 114 Å². The van der Waals surface area contributed by atoms with Crippen LogP contribution >= 0.6 is 0 Å². The molecular formula is C33H52O5. The number of hydrogen-bond donors (Lipinski definition) is 4. The predicted octanol–water partition coefficient (Wildman–Crippen LogP) is 6.71. The van der Waals surface area contributed by atoms with E-state index in [9.17, 15) is 20.1 Å². The first-order valence-electron chi connectivity index (χ1n) is 15.0. The molecule has 1 aliphatic carbocycles. The van der Waals surface area contributed by atoms with Gasteiger partial charge in [0.15, 0.2) is 0 Å². The SMILES string of the molecule is CCCCCC(O)C=CC1=C(CC(O)CO)CC(CCCCCC(=O)O)CCc2c(CC)cccc2CC1. The van der Waals surface area contributed by atoms with E-state index >= 15 is 0 Å². The van der Waals surface area contributed by atoms with Crippen molar-refractivity contribution in [1.82, 2.24) is 0 Å². The van der Waals surface area contributed by atoms with Crippen LogP contribution in [0.4, 0.5) is 0 Å². The second kappa shape index (κ2) is 18.4. The van der Waals surface area contributed by atoms with Crippen LogP contribution in [0, 0.1) is 5.92 Å². The molecule has 3 atom stereocenters. The molecular weight excluding hydrogens is 476 g/mol. The van der Waals surface area contributed by atoms with E-state index in [0.717, 1.165) is 83.5 Å². The lowest BCUT2D eigenvalue weighted by Gasteiger charge is -2.26. The van der Waals surface area contributed by atoms with Crippen LogP contribution in [-0.4, -0.2) is 45.2 Å². The number of hydrogen-bond acceptors (Lipinski definition) is 4. The van der Waals surface area contributed by atoms with E-state index in [1.807, 2.05) is 6.08 Å². The maximum atomic E-state index is 10.9. The van der Waals surface area contributed by atoms with Gasteiger partial charge in [-0.05, 0) is 86.0 Å². The number of aryl methyl sites for hydroxylation is 2. The number of benzene rings is 1. The van der Waals surface area contributed by atoms with Crippen molar-refractivity contribution >= 4 is 5.97 Å². The molecule has 0 radical (unpaired) electrons. The Hall–Kier alpha value is -1.95. The summed E-state index contributed by atoms with van der Waals surface area (Å²) in [7, 11) is 0.